The van der Waals surface area contributed by atoms with Crippen LogP contribution in [0.3, 0.4) is 0 Å². The van der Waals surface area contributed by atoms with Crippen LogP contribution >= 0.6 is 0 Å². The van der Waals surface area contributed by atoms with Crippen molar-refractivity contribution in [1.29, 1.82) is 0 Å². The Bertz CT molecular complexity index is 721. The van der Waals surface area contributed by atoms with E-state index >= 15 is 0 Å². The molecule has 4 heteroatoms. The Morgan fingerprint density at radius 1 is 1.04 bits per heavy atom. The number of benzene rings is 2. The summed E-state index contributed by atoms with van der Waals surface area (Å²) in [5.74, 6) is 0.263. The van der Waals surface area contributed by atoms with Crippen molar-refractivity contribution < 1.29 is 9.53 Å². The van der Waals surface area contributed by atoms with E-state index < -0.39 is 5.72 Å². The number of hydrogen-bond acceptors (Lipinski definition) is 2. The summed E-state index contributed by atoms with van der Waals surface area (Å²) in [6.07, 6.45) is 2.01. The fourth-order valence-electron chi connectivity index (χ4n) is 3.72. The molecule has 24 heavy (non-hydrogen) atoms. The molecule has 0 aliphatic carbocycles. The van der Waals surface area contributed by atoms with Crippen LogP contribution in [0, 0.1) is 0 Å². The predicted molar refractivity (Wildman–Crippen MR) is 95.2 cm³/mol. The van der Waals surface area contributed by atoms with Gasteiger partial charge in [0.25, 0.3) is 0 Å². The van der Waals surface area contributed by atoms with E-state index in [0.717, 1.165) is 18.4 Å². The third-order valence-electron chi connectivity index (χ3n) is 4.99. The molecule has 3 nitrogen and oxygen atoms in total. The Morgan fingerprint density at radius 2 is 1.71 bits per heavy atom. The van der Waals surface area contributed by atoms with E-state index in [-0.39, 0.29) is 31.7 Å². The minimum atomic E-state index is -0.631. The van der Waals surface area contributed by atoms with Gasteiger partial charge >= 0.3 is 149 Å². The van der Waals surface area contributed by atoms with E-state index in [1.807, 2.05) is 36.1 Å². The first-order valence-electron chi connectivity index (χ1n) is 8.43. The van der Waals surface area contributed by atoms with Gasteiger partial charge in [-0.05, 0) is 0 Å². The molecule has 0 spiro atoms. The first-order valence-corrected chi connectivity index (χ1v) is 10.3. The average Bonchev–Trinajstić information content (AvgIpc) is 2.98. The summed E-state index contributed by atoms with van der Waals surface area (Å²) < 4.78 is 7.45. The van der Waals surface area contributed by atoms with Gasteiger partial charge in [-0.1, -0.05) is 0 Å². The van der Waals surface area contributed by atoms with Crippen molar-refractivity contribution in [2.45, 2.75) is 36.3 Å². The van der Waals surface area contributed by atoms with Gasteiger partial charge in [0.2, 0.25) is 0 Å². The summed E-state index contributed by atoms with van der Waals surface area (Å²) in [6.45, 7) is 2.68. The molecule has 0 saturated carbocycles. The summed E-state index contributed by atoms with van der Waals surface area (Å²) in [4.78, 5) is 15.4. The van der Waals surface area contributed by atoms with Crippen LogP contribution in [-0.2, 0) is 15.3 Å². The van der Waals surface area contributed by atoms with Gasteiger partial charge in [-0.2, -0.15) is 0 Å². The molecule has 2 aliphatic rings. The molecule has 2 saturated heterocycles. The van der Waals surface area contributed by atoms with Crippen LogP contribution in [0.25, 0.3) is 0 Å². The molecule has 2 aromatic carbocycles. The van der Waals surface area contributed by atoms with Crippen LogP contribution in [0.15, 0.2) is 60.7 Å². The monoisotopic (exact) mass is 387 g/mol. The van der Waals surface area contributed by atoms with Gasteiger partial charge in [-0.3, -0.25) is 0 Å². The summed E-state index contributed by atoms with van der Waals surface area (Å²) in [5.41, 5.74) is 0.433. The van der Waals surface area contributed by atoms with Crippen molar-refractivity contribution >= 4 is 25.3 Å². The quantitative estimate of drug-likeness (QED) is 0.760. The number of carbonyl (C=O) groups excluding carboxylic acids is 1. The maximum atomic E-state index is 13.3. The Balaban J connectivity index is 1.61. The topological polar surface area (TPSA) is 29.5 Å². The molecule has 4 rings (SSSR count). The van der Waals surface area contributed by atoms with Crippen LogP contribution in [0.4, 0.5) is 0 Å². The molecule has 0 aromatic heterocycles. The number of carbonyl (C=O) groups is 1. The van der Waals surface area contributed by atoms with E-state index in [9.17, 15) is 4.79 Å². The zero-order chi connectivity index (χ0) is 16.6. The standard InChI is InChI=1S/C20H21NO2Se/c1-20(15-8-4-2-5-9-15)21-16(14-23-20)12-13-18(19(21)22)24-17-10-6-3-7-11-17/h2-11,16,18H,12-14H2,1H3/t16-,18+,20-/m0/s1. The molecule has 3 atom stereocenters. The zero-order valence-corrected chi connectivity index (χ0v) is 15.4. The molecule has 1 amide bonds. The molecule has 124 valence electrons. The van der Waals surface area contributed by atoms with Crippen LogP contribution in [-0.4, -0.2) is 38.4 Å². The summed E-state index contributed by atoms with van der Waals surface area (Å²) >= 11 is 0.170. The van der Waals surface area contributed by atoms with Gasteiger partial charge in [-0.25, -0.2) is 0 Å². The first kappa shape index (κ1) is 15.9. The molecule has 0 bridgehead atoms. The number of ether oxygens (including phenoxy) is 1. The number of rotatable bonds is 3. The van der Waals surface area contributed by atoms with Crippen LogP contribution in [0.2, 0.25) is 4.82 Å². The number of hydrogen-bond donors (Lipinski definition) is 0. The number of amides is 1. The van der Waals surface area contributed by atoms with Crippen molar-refractivity contribution in [3.8, 4) is 0 Å². The van der Waals surface area contributed by atoms with E-state index in [2.05, 4.69) is 36.4 Å². The fraction of sp³-hybridized carbons (Fsp3) is 0.350. The summed E-state index contributed by atoms with van der Waals surface area (Å²) in [6, 6.07) is 20.8. The molecule has 2 aliphatic heterocycles. The maximum absolute atomic E-state index is 13.3. The molecule has 2 fully saturated rings. The third kappa shape index (κ3) is 2.69. The summed E-state index contributed by atoms with van der Waals surface area (Å²) in [5, 5.41) is 0. The second-order valence-electron chi connectivity index (χ2n) is 6.52. The van der Waals surface area contributed by atoms with Gasteiger partial charge in [0.1, 0.15) is 0 Å². The van der Waals surface area contributed by atoms with Gasteiger partial charge in [0.05, 0.1) is 0 Å². The second kappa shape index (κ2) is 6.36. The van der Waals surface area contributed by atoms with Crippen molar-refractivity contribution in [3.05, 3.63) is 66.2 Å². The van der Waals surface area contributed by atoms with Crippen molar-refractivity contribution in [3.63, 3.8) is 0 Å². The van der Waals surface area contributed by atoms with E-state index in [0.29, 0.717) is 6.61 Å². The van der Waals surface area contributed by atoms with E-state index in [1.54, 1.807) is 0 Å². The normalized spacial score (nSPS) is 29.5. The first-order chi connectivity index (χ1) is 11.7. The molecule has 0 unspecified atom stereocenters. The molecular formula is C20H21NO2Se. The van der Waals surface area contributed by atoms with Crippen LogP contribution in [0.1, 0.15) is 25.3 Å². The molecule has 2 aromatic rings. The molecule has 0 radical (unpaired) electrons. The van der Waals surface area contributed by atoms with Crippen LogP contribution in [0.5, 0.6) is 0 Å². The number of fused-ring (bicyclic) bond motifs is 1. The molecule has 0 N–H and O–H groups in total. The molecule has 2 heterocycles. The second-order valence-corrected chi connectivity index (χ2v) is 9.20. The minimum absolute atomic E-state index is 0.112. The number of piperidine rings is 1. The van der Waals surface area contributed by atoms with E-state index in [1.165, 1.54) is 4.46 Å². The Morgan fingerprint density at radius 3 is 2.42 bits per heavy atom. The number of nitrogens with zero attached hydrogens (tertiary/aromatic N) is 1. The Labute approximate surface area is 149 Å². The van der Waals surface area contributed by atoms with Crippen molar-refractivity contribution in [1.82, 2.24) is 4.90 Å². The van der Waals surface area contributed by atoms with Crippen molar-refractivity contribution in [2.75, 3.05) is 6.61 Å². The van der Waals surface area contributed by atoms with Gasteiger partial charge in [-0.15, -0.1) is 0 Å². The summed E-state index contributed by atoms with van der Waals surface area (Å²) in [7, 11) is 0. The zero-order valence-electron chi connectivity index (χ0n) is 13.7. The SMILES string of the molecule is C[C@@]1(c2ccccc2)OC[C@@H]2CC[C@@H]([Se]c3ccccc3)C(=O)N21. The molecular weight excluding hydrogens is 365 g/mol. The predicted octanol–water partition coefficient (Wildman–Crippen LogP) is 2.70. The Hall–Kier alpha value is -1.61. The van der Waals surface area contributed by atoms with Crippen LogP contribution < -0.4 is 4.46 Å². The van der Waals surface area contributed by atoms with Gasteiger partial charge in [0.15, 0.2) is 0 Å². The van der Waals surface area contributed by atoms with Crippen molar-refractivity contribution in [2.24, 2.45) is 0 Å². The van der Waals surface area contributed by atoms with E-state index in [4.69, 9.17) is 4.74 Å². The average molecular weight is 386 g/mol. The third-order valence-corrected chi connectivity index (χ3v) is 7.64. The van der Waals surface area contributed by atoms with Gasteiger partial charge < -0.3 is 0 Å². The van der Waals surface area contributed by atoms with Gasteiger partial charge in [0, 0.05) is 0 Å². The fourth-order valence-corrected chi connectivity index (χ4v) is 6.05. The Kier molecular flexibility index (Phi) is 4.21.